The molecule has 2 aromatic heterocycles. The SMILES string of the molecule is Cc1cccc(-c2csc3c(=O)[nH]c(N4CCC(C(=O)N5CCc6ccccc6C5)CC4)nc23)c1. The van der Waals surface area contributed by atoms with Crippen LogP contribution in [0.3, 0.4) is 0 Å². The van der Waals surface area contributed by atoms with E-state index in [2.05, 4.69) is 53.2 Å². The van der Waals surface area contributed by atoms with Gasteiger partial charge >= 0.3 is 0 Å². The van der Waals surface area contributed by atoms with Crippen LogP contribution in [0, 0.1) is 12.8 Å². The smallest absolute Gasteiger partial charge is 0.270 e. The molecule has 2 aliphatic heterocycles. The number of hydrogen-bond acceptors (Lipinski definition) is 5. The third-order valence-corrected chi connectivity index (χ3v) is 8.30. The number of hydrogen-bond donors (Lipinski definition) is 1. The van der Waals surface area contributed by atoms with Gasteiger partial charge in [-0.25, -0.2) is 4.98 Å². The van der Waals surface area contributed by atoms with E-state index in [0.29, 0.717) is 30.3 Å². The first-order chi connectivity index (χ1) is 17.1. The summed E-state index contributed by atoms with van der Waals surface area (Å²) in [6.45, 7) is 4.98. The van der Waals surface area contributed by atoms with Gasteiger partial charge in [0, 0.05) is 43.0 Å². The number of thiophene rings is 1. The van der Waals surface area contributed by atoms with Gasteiger partial charge in [0.1, 0.15) is 4.70 Å². The number of carbonyl (C=O) groups is 1. The standard InChI is InChI=1S/C28H28N4O2S/c1-18-5-4-8-21(15-18)23-17-35-25-24(23)29-28(30-26(25)33)31-12-10-20(11-13-31)27(34)32-14-9-19-6-2-3-7-22(19)16-32/h2-8,15,17,20H,9-14,16H2,1H3,(H,29,30,33). The van der Waals surface area contributed by atoms with E-state index in [4.69, 9.17) is 4.98 Å². The maximum atomic E-state index is 13.3. The first-order valence-corrected chi connectivity index (χ1v) is 13.1. The van der Waals surface area contributed by atoms with Crippen LogP contribution in [0.2, 0.25) is 0 Å². The summed E-state index contributed by atoms with van der Waals surface area (Å²) in [5, 5.41) is 2.02. The van der Waals surface area contributed by atoms with Crippen LogP contribution < -0.4 is 10.5 Å². The predicted molar refractivity (Wildman–Crippen MR) is 141 cm³/mol. The summed E-state index contributed by atoms with van der Waals surface area (Å²) >= 11 is 1.44. The lowest BCUT2D eigenvalue weighted by molar-refractivity contribution is -0.137. The first-order valence-electron chi connectivity index (χ1n) is 12.3. The lowest BCUT2D eigenvalue weighted by atomic mass is 9.93. The van der Waals surface area contributed by atoms with Crippen molar-refractivity contribution in [3.8, 4) is 11.1 Å². The van der Waals surface area contributed by atoms with Crippen LogP contribution in [0.4, 0.5) is 5.95 Å². The number of rotatable bonds is 3. The van der Waals surface area contributed by atoms with Gasteiger partial charge in [-0.05, 0) is 42.9 Å². The number of piperidine rings is 1. The number of nitrogens with one attached hydrogen (secondary N) is 1. The average molecular weight is 485 g/mol. The first kappa shape index (κ1) is 22.0. The normalized spacial score (nSPS) is 16.5. The van der Waals surface area contributed by atoms with Crippen molar-refractivity contribution < 1.29 is 4.79 Å². The van der Waals surface area contributed by atoms with Crippen LogP contribution in [-0.2, 0) is 17.8 Å². The number of benzene rings is 2. The van der Waals surface area contributed by atoms with Gasteiger partial charge in [-0.15, -0.1) is 11.3 Å². The molecule has 4 heterocycles. The number of fused-ring (bicyclic) bond motifs is 2. The summed E-state index contributed by atoms with van der Waals surface area (Å²) in [4.78, 5) is 38.2. The summed E-state index contributed by atoms with van der Waals surface area (Å²) in [5.74, 6) is 0.888. The Morgan fingerprint density at radius 2 is 1.86 bits per heavy atom. The molecule has 6 nitrogen and oxygen atoms in total. The number of aromatic amines is 1. The molecule has 1 fully saturated rings. The van der Waals surface area contributed by atoms with Gasteiger partial charge < -0.3 is 9.80 Å². The average Bonchev–Trinajstić information content (AvgIpc) is 3.33. The molecule has 7 heteroatoms. The fourth-order valence-corrected chi connectivity index (χ4v) is 6.27. The minimum atomic E-state index is -0.0981. The minimum absolute atomic E-state index is 0.0240. The Labute approximate surface area is 208 Å². The Morgan fingerprint density at radius 1 is 1.06 bits per heavy atom. The quantitative estimate of drug-likeness (QED) is 0.455. The number of carbonyl (C=O) groups excluding carboxylic acids is 1. The maximum absolute atomic E-state index is 13.3. The summed E-state index contributed by atoms with van der Waals surface area (Å²) in [5.41, 5.74) is 6.53. The highest BCUT2D eigenvalue weighted by Crippen LogP contribution is 2.33. The van der Waals surface area contributed by atoms with Crippen molar-refractivity contribution >= 4 is 33.4 Å². The maximum Gasteiger partial charge on any atom is 0.270 e. The van der Waals surface area contributed by atoms with Crippen LogP contribution in [-0.4, -0.2) is 40.4 Å². The largest absolute Gasteiger partial charge is 0.342 e. The number of aryl methyl sites for hydroxylation is 1. The fourth-order valence-electron chi connectivity index (χ4n) is 5.36. The van der Waals surface area contributed by atoms with Gasteiger partial charge in [0.15, 0.2) is 0 Å². The molecule has 0 unspecified atom stereocenters. The molecule has 2 aliphatic rings. The summed E-state index contributed by atoms with van der Waals surface area (Å²) in [6.07, 6.45) is 2.47. The van der Waals surface area contributed by atoms with E-state index in [1.165, 1.54) is 28.0 Å². The van der Waals surface area contributed by atoms with E-state index < -0.39 is 0 Å². The molecule has 35 heavy (non-hydrogen) atoms. The number of aromatic nitrogens is 2. The highest BCUT2D eigenvalue weighted by atomic mass is 32.1. The van der Waals surface area contributed by atoms with Gasteiger partial charge in [-0.1, -0.05) is 54.1 Å². The Hall–Kier alpha value is -3.45. The summed E-state index contributed by atoms with van der Waals surface area (Å²) in [7, 11) is 0. The highest BCUT2D eigenvalue weighted by molar-refractivity contribution is 7.17. The number of H-pyrrole nitrogens is 1. The van der Waals surface area contributed by atoms with Crippen LogP contribution in [0.25, 0.3) is 21.3 Å². The van der Waals surface area contributed by atoms with Gasteiger partial charge in [0.25, 0.3) is 5.56 Å². The Bertz CT molecular complexity index is 1470. The molecule has 2 aromatic carbocycles. The second-order valence-electron chi connectivity index (χ2n) is 9.63. The molecular formula is C28H28N4O2S. The van der Waals surface area contributed by atoms with Gasteiger partial charge in [0.2, 0.25) is 11.9 Å². The van der Waals surface area contributed by atoms with Crippen molar-refractivity contribution in [1.82, 2.24) is 14.9 Å². The second-order valence-corrected chi connectivity index (χ2v) is 10.5. The van der Waals surface area contributed by atoms with E-state index in [-0.39, 0.29) is 17.4 Å². The Kier molecular flexibility index (Phi) is 5.65. The van der Waals surface area contributed by atoms with Crippen LogP contribution >= 0.6 is 11.3 Å². The Morgan fingerprint density at radius 3 is 2.66 bits per heavy atom. The molecule has 0 atom stereocenters. The molecule has 0 bridgehead atoms. The molecule has 0 aliphatic carbocycles. The predicted octanol–water partition coefficient (Wildman–Crippen LogP) is 4.76. The van der Waals surface area contributed by atoms with E-state index in [9.17, 15) is 9.59 Å². The molecular weight excluding hydrogens is 456 g/mol. The molecule has 0 saturated carbocycles. The number of amides is 1. The zero-order valence-electron chi connectivity index (χ0n) is 19.8. The molecule has 178 valence electrons. The molecule has 6 rings (SSSR count). The van der Waals surface area contributed by atoms with Crippen molar-refractivity contribution in [3.05, 3.63) is 81.0 Å². The van der Waals surface area contributed by atoms with E-state index in [1.54, 1.807) is 0 Å². The monoisotopic (exact) mass is 484 g/mol. The summed E-state index contributed by atoms with van der Waals surface area (Å²) in [6, 6.07) is 16.7. The second kappa shape index (κ2) is 8.96. The third kappa shape index (κ3) is 4.14. The van der Waals surface area contributed by atoms with Crippen molar-refractivity contribution in [3.63, 3.8) is 0 Å². The van der Waals surface area contributed by atoms with Gasteiger partial charge in [-0.3, -0.25) is 14.6 Å². The van der Waals surface area contributed by atoms with Crippen molar-refractivity contribution in [1.29, 1.82) is 0 Å². The van der Waals surface area contributed by atoms with Crippen LogP contribution in [0.5, 0.6) is 0 Å². The third-order valence-electron chi connectivity index (χ3n) is 7.33. The van der Waals surface area contributed by atoms with Crippen molar-refractivity contribution in [2.75, 3.05) is 24.5 Å². The Balaban J connectivity index is 1.19. The van der Waals surface area contributed by atoms with Crippen LogP contribution in [0.15, 0.2) is 58.7 Å². The zero-order chi connectivity index (χ0) is 23.9. The topological polar surface area (TPSA) is 69.3 Å². The molecule has 0 radical (unpaired) electrons. The van der Waals surface area contributed by atoms with E-state index in [0.717, 1.165) is 42.5 Å². The van der Waals surface area contributed by atoms with E-state index >= 15 is 0 Å². The van der Waals surface area contributed by atoms with Crippen molar-refractivity contribution in [2.24, 2.45) is 5.92 Å². The molecule has 1 N–H and O–H groups in total. The zero-order valence-corrected chi connectivity index (χ0v) is 20.6. The van der Waals surface area contributed by atoms with Crippen molar-refractivity contribution in [2.45, 2.75) is 32.7 Å². The molecule has 0 spiro atoms. The molecule has 4 aromatic rings. The highest BCUT2D eigenvalue weighted by Gasteiger charge is 2.31. The minimum Gasteiger partial charge on any atom is -0.342 e. The number of nitrogens with zero attached hydrogens (tertiary/aromatic N) is 3. The number of anilines is 1. The molecule has 1 amide bonds. The van der Waals surface area contributed by atoms with E-state index in [1.807, 2.05) is 22.4 Å². The van der Waals surface area contributed by atoms with Crippen LogP contribution in [0.1, 0.15) is 29.5 Å². The summed E-state index contributed by atoms with van der Waals surface area (Å²) < 4.78 is 0.653. The lowest BCUT2D eigenvalue weighted by Gasteiger charge is -2.36. The van der Waals surface area contributed by atoms with Gasteiger partial charge in [0.05, 0.1) is 5.52 Å². The lowest BCUT2D eigenvalue weighted by Crippen LogP contribution is -2.44. The fraction of sp³-hybridized carbons (Fsp3) is 0.321. The van der Waals surface area contributed by atoms with Gasteiger partial charge in [-0.2, -0.15) is 0 Å². The molecule has 1 saturated heterocycles.